The number of hydrogen-bond acceptors (Lipinski definition) is 2. The van der Waals surface area contributed by atoms with E-state index < -0.39 is 0 Å². The zero-order valence-corrected chi connectivity index (χ0v) is 10.9. The van der Waals surface area contributed by atoms with Gasteiger partial charge in [0.15, 0.2) is 0 Å². The van der Waals surface area contributed by atoms with Gasteiger partial charge in [-0.15, -0.1) is 0 Å². The van der Waals surface area contributed by atoms with Gasteiger partial charge in [0, 0.05) is 24.5 Å². The lowest BCUT2D eigenvalue weighted by Gasteiger charge is -2.24. The Morgan fingerprint density at radius 1 is 1.38 bits per heavy atom. The molecule has 0 saturated heterocycles. The first-order valence-corrected chi connectivity index (χ1v) is 6.62. The highest BCUT2D eigenvalue weighted by atomic mass is 16.2. The Bertz CT molecular complexity index is 224. The summed E-state index contributed by atoms with van der Waals surface area (Å²) in [5, 5.41) is 0. The van der Waals surface area contributed by atoms with E-state index in [0.717, 1.165) is 25.8 Å². The Balaban J connectivity index is 2.28. The summed E-state index contributed by atoms with van der Waals surface area (Å²) in [5.41, 5.74) is 5.70. The molecule has 0 spiro atoms. The van der Waals surface area contributed by atoms with E-state index in [1.54, 1.807) is 0 Å². The van der Waals surface area contributed by atoms with Crippen LogP contribution < -0.4 is 5.73 Å². The van der Waals surface area contributed by atoms with Gasteiger partial charge in [0.05, 0.1) is 0 Å². The molecule has 0 aromatic rings. The normalized spacial score (nSPS) is 19.2. The summed E-state index contributed by atoms with van der Waals surface area (Å²) in [6, 6.07) is 0.807. The Labute approximate surface area is 99.4 Å². The third kappa shape index (κ3) is 4.12. The predicted octanol–water partition coefficient (Wildman–Crippen LogP) is 2.15. The summed E-state index contributed by atoms with van der Waals surface area (Å²) in [6.45, 7) is 7.01. The summed E-state index contributed by atoms with van der Waals surface area (Å²) < 4.78 is 0. The lowest BCUT2D eigenvalue weighted by Crippen LogP contribution is -2.36. The zero-order chi connectivity index (χ0) is 12.1. The second kappa shape index (κ2) is 6.24. The van der Waals surface area contributed by atoms with Crippen LogP contribution in [0.5, 0.6) is 0 Å². The quantitative estimate of drug-likeness (QED) is 0.723. The summed E-state index contributed by atoms with van der Waals surface area (Å²) in [6.07, 6.45) is 5.46. The Morgan fingerprint density at radius 3 is 2.44 bits per heavy atom. The molecule has 3 nitrogen and oxygen atoms in total. The molecule has 0 aromatic heterocycles. The fourth-order valence-electron chi connectivity index (χ4n) is 2.13. The van der Waals surface area contributed by atoms with Gasteiger partial charge in [-0.3, -0.25) is 4.79 Å². The minimum atomic E-state index is 0.166. The van der Waals surface area contributed by atoms with Crippen molar-refractivity contribution in [2.75, 3.05) is 6.54 Å². The predicted molar refractivity (Wildman–Crippen MR) is 67.1 cm³/mol. The Morgan fingerprint density at radius 2 is 2.00 bits per heavy atom. The zero-order valence-electron chi connectivity index (χ0n) is 10.9. The molecule has 2 N–H and O–H groups in total. The maximum atomic E-state index is 12.1. The van der Waals surface area contributed by atoms with Crippen molar-refractivity contribution in [3.05, 3.63) is 0 Å². The van der Waals surface area contributed by atoms with Crippen molar-refractivity contribution in [1.82, 2.24) is 4.90 Å². The van der Waals surface area contributed by atoms with Crippen LogP contribution in [-0.4, -0.2) is 29.4 Å². The first-order valence-electron chi connectivity index (χ1n) is 6.62. The van der Waals surface area contributed by atoms with Crippen molar-refractivity contribution >= 4 is 5.91 Å². The molecule has 1 saturated carbocycles. The molecule has 1 amide bonds. The largest absolute Gasteiger partial charge is 0.340 e. The summed E-state index contributed by atoms with van der Waals surface area (Å²) in [7, 11) is 0. The van der Waals surface area contributed by atoms with E-state index in [1.807, 2.05) is 6.92 Å². The number of nitrogens with zero attached hydrogens (tertiary/aromatic N) is 1. The van der Waals surface area contributed by atoms with E-state index in [4.69, 9.17) is 5.73 Å². The molecule has 1 aliphatic rings. The summed E-state index contributed by atoms with van der Waals surface area (Å²) >= 11 is 0. The summed E-state index contributed by atoms with van der Waals surface area (Å²) in [5.74, 6) is 0.508. The smallest absolute Gasteiger partial charge is 0.225 e. The second-order valence-electron chi connectivity index (χ2n) is 5.16. The van der Waals surface area contributed by atoms with Crippen molar-refractivity contribution < 1.29 is 4.79 Å². The first kappa shape index (κ1) is 13.5. The van der Waals surface area contributed by atoms with Crippen molar-refractivity contribution in [1.29, 1.82) is 0 Å². The van der Waals surface area contributed by atoms with Crippen LogP contribution in [0.15, 0.2) is 0 Å². The minimum absolute atomic E-state index is 0.166. The van der Waals surface area contributed by atoms with Gasteiger partial charge >= 0.3 is 0 Å². The second-order valence-corrected chi connectivity index (χ2v) is 5.16. The van der Waals surface area contributed by atoms with E-state index in [9.17, 15) is 4.79 Å². The van der Waals surface area contributed by atoms with E-state index in [2.05, 4.69) is 18.7 Å². The lowest BCUT2D eigenvalue weighted by molar-refractivity contribution is -0.135. The average Bonchev–Trinajstić information content (AvgIpc) is 3.02. The standard InChI is InChI=1S/C13H26N2O/c1-4-15(12-8-9-12)13(16)10(2)6-5-7-11(3)14/h10-12H,4-9,14H2,1-3H3. The van der Waals surface area contributed by atoms with E-state index in [1.165, 1.54) is 12.8 Å². The van der Waals surface area contributed by atoms with Crippen LogP contribution in [0.25, 0.3) is 0 Å². The van der Waals surface area contributed by atoms with Crippen LogP contribution in [-0.2, 0) is 4.79 Å². The maximum Gasteiger partial charge on any atom is 0.225 e. The van der Waals surface area contributed by atoms with Crippen molar-refractivity contribution in [2.24, 2.45) is 11.7 Å². The topological polar surface area (TPSA) is 46.3 Å². The van der Waals surface area contributed by atoms with Crippen molar-refractivity contribution in [2.45, 2.75) is 65.0 Å². The highest BCUT2D eigenvalue weighted by Crippen LogP contribution is 2.28. The molecule has 0 aliphatic heterocycles. The maximum absolute atomic E-state index is 12.1. The molecule has 0 bridgehead atoms. The van der Waals surface area contributed by atoms with Crippen LogP contribution >= 0.6 is 0 Å². The highest BCUT2D eigenvalue weighted by Gasteiger charge is 2.32. The van der Waals surface area contributed by atoms with Crippen LogP contribution in [0, 0.1) is 5.92 Å². The minimum Gasteiger partial charge on any atom is -0.340 e. The molecular weight excluding hydrogens is 200 g/mol. The number of hydrogen-bond donors (Lipinski definition) is 1. The molecule has 3 heteroatoms. The molecule has 16 heavy (non-hydrogen) atoms. The van der Waals surface area contributed by atoms with Crippen LogP contribution in [0.2, 0.25) is 0 Å². The van der Waals surface area contributed by atoms with E-state index in [-0.39, 0.29) is 12.0 Å². The van der Waals surface area contributed by atoms with Gasteiger partial charge in [-0.05, 0) is 39.5 Å². The third-order valence-corrected chi connectivity index (χ3v) is 3.33. The van der Waals surface area contributed by atoms with Gasteiger partial charge in [-0.2, -0.15) is 0 Å². The van der Waals surface area contributed by atoms with Gasteiger partial charge in [0.1, 0.15) is 0 Å². The summed E-state index contributed by atoms with van der Waals surface area (Å²) in [4.78, 5) is 14.2. The molecule has 0 radical (unpaired) electrons. The molecule has 2 atom stereocenters. The molecule has 1 rings (SSSR count). The third-order valence-electron chi connectivity index (χ3n) is 3.33. The number of carbonyl (C=O) groups is 1. The average molecular weight is 226 g/mol. The van der Waals surface area contributed by atoms with E-state index in [0.29, 0.717) is 11.9 Å². The Hall–Kier alpha value is -0.570. The number of nitrogens with two attached hydrogens (primary N) is 1. The molecule has 94 valence electrons. The SMILES string of the molecule is CCN(C(=O)C(C)CCCC(C)N)C1CC1. The van der Waals surface area contributed by atoms with Crippen molar-refractivity contribution in [3.8, 4) is 0 Å². The highest BCUT2D eigenvalue weighted by molar-refractivity contribution is 5.79. The molecular formula is C13H26N2O. The number of carbonyl (C=O) groups excluding carboxylic acids is 1. The number of rotatable bonds is 7. The van der Waals surface area contributed by atoms with Crippen LogP contribution in [0.3, 0.4) is 0 Å². The molecule has 0 aromatic carbocycles. The van der Waals surface area contributed by atoms with Gasteiger partial charge in [-0.1, -0.05) is 13.3 Å². The van der Waals surface area contributed by atoms with Crippen LogP contribution in [0.1, 0.15) is 52.9 Å². The Kier molecular flexibility index (Phi) is 5.26. The van der Waals surface area contributed by atoms with Crippen LogP contribution in [0.4, 0.5) is 0 Å². The van der Waals surface area contributed by atoms with Gasteiger partial charge in [-0.25, -0.2) is 0 Å². The van der Waals surface area contributed by atoms with E-state index >= 15 is 0 Å². The molecule has 1 aliphatic carbocycles. The molecule has 2 unspecified atom stereocenters. The van der Waals surface area contributed by atoms with Gasteiger partial charge < -0.3 is 10.6 Å². The van der Waals surface area contributed by atoms with Crippen molar-refractivity contribution in [3.63, 3.8) is 0 Å². The number of amides is 1. The van der Waals surface area contributed by atoms with Gasteiger partial charge in [0.25, 0.3) is 0 Å². The lowest BCUT2D eigenvalue weighted by atomic mass is 10.0. The fraction of sp³-hybridized carbons (Fsp3) is 0.923. The molecule has 0 heterocycles. The molecule has 1 fully saturated rings. The fourth-order valence-corrected chi connectivity index (χ4v) is 2.13. The monoisotopic (exact) mass is 226 g/mol. The van der Waals surface area contributed by atoms with Gasteiger partial charge in [0.2, 0.25) is 5.91 Å². The first-order chi connectivity index (χ1) is 7.56.